The summed E-state index contributed by atoms with van der Waals surface area (Å²) >= 11 is 5.15. The topological polar surface area (TPSA) is 74.3 Å². The van der Waals surface area contributed by atoms with E-state index in [2.05, 4.69) is 24.4 Å². The molecule has 144 valence electrons. The monoisotopic (exact) mass is 401 g/mol. The number of carbonyl (C=O) groups excluding carboxylic acids is 1. The quantitative estimate of drug-likeness (QED) is 0.724. The van der Waals surface area contributed by atoms with E-state index in [4.69, 9.17) is 11.9 Å². The molecule has 3 aromatic rings. The van der Waals surface area contributed by atoms with Crippen molar-refractivity contribution < 1.29 is 13.5 Å². The normalized spacial score (nSPS) is 14.2. The Balaban J connectivity index is 1.58. The summed E-state index contributed by atoms with van der Waals surface area (Å²) in [5, 5.41) is 7.33. The van der Waals surface area contributed by atoms with E-state index in [-0.39, 0.29) is 5.82 Å². The molecule has 1 amide bonds. The van der Waals surface area contributed by atoms with E-state index in [1.54, 1.807) is 17.2 Å². The summed E-state index contributed by atoms with van der Waals surface area (Å²) in [6.45, 7) is 2.17. The van der Waals surface area contributed by atoms with Gasteiger partial charge in [0.25, 0.3) is 0 Å². The van der Waals surface area contributed by atoms with Crippen molar-refractivity contribution in [2.45, 2.75) is 0 Å². The number of hydrogen-bond donors (Lipinski definition) is 1. The maximum Gasteiger partial charge on any atom is 0.428 e. The zero-order valence-electron chi connectivity index (χ0n) is 14.8. The summed E-state index contributed by atoms with van der Waals surface area (Å²) in [6.07, 6.45) is 1.18. The molecule has 28 heavy (non-hydrogen) atoms. The number of hydrogen-bond acceptors (Lipinski definition) is 5. The summed E-state index contributed by atoms with van der Waals surface area (Å²) in [4.78, 5) is 19.7. The number of nitrogens with zero attached hydrogens (tertiary/aromatic N) is 4. The van der Waals surface area contributed by atoms with Crippen LogP contribution in [-0.4, -0.2) is 52.4 Å². The van der Waals surface area contributed by atoms with Crippen LogP contribution in [0, 0.1) is 5.82 Å². The summed E-state index contributed by atoms with van der Waals surface area (Å²) < 4.78 is 17.8. The number of halogens is 2. The average molecular weight is 402 g/mol. The molecule has 3 heterocycles. The second-order valence-electron chi connectivity index (χ2n) is 6.37. The summed E-state index contributed by atoms with van der Waals surface area (Å²) in [7, 11) is 0. The lowest BCUT2D eigenvalue weighted by Gasteiger charge is -2.34. The molecule has 0 saturated carbocycles. The van der Waals surface area contributed by atoms with Crippen molar-refractivity contribution in [1.82, 2.24) is 20.1 Å². The van der Waals surface area contributed by atoms with Crippen molar-refractivity contribution in [3.8, 4) is 22.5 Å². The van der Waals surface area contributed by atoms with Crippen LogP contribution < -0.4 is 4.90 Å². The number of nitrogens with one attached hydrogen (secondary N) is 1. The molecule has 0 unspecified atom stereocenters. The van der Waals surface area contributed by atoms with Gasteiger partial charge in [0.05, 0.1) is 11.4 Å². The minimum Gasteiger partial charge on any atom is -0.353 e. The van der Waals surface area contributed by atoms with E-state index >= 15 is 0 Å². The van der Waals surface area contributed by atoms with Crippen molar-refractivity contribution in [3.63, 3.8) is 0 Å². The first-order chi connectivity index (χ1) is 13.7. The van der Waals surface area contributed by atoms with Crippen LogP contribution in [0.2, 0.25) is 0 Å². The second kappa shape index (κ2) is 7.85. The van der Waals surface area contributed by atoms with Gasteiger partial charge in [-0.05, 0) is 30.3 Å². The van der Waals surface area contributed by atoms with Gasteiger partial charge in [0, 0.05) is 43.5 Å². The van der Waals surface area contributed by atoms with Crippen LogP contribution in [0.4, 0.5) is 15.0 Å². The van der Waals surface area contributed by atoms with E-state index < -0.39 is 6.09 Å². The Labute approximate surface area is 165 Å². The lowest BCUT2D eigenvalue weighted by Crippen LogP contribution is -2.48. The van der Waals surface area contributed by atoms with Gasteiger partial charge in [0.1, 0.15) is 23.5 Å². The van der Waals surface area contributed by atoms with E-state index in [1.807, 2.05) is 24.3 Å². The van der Waals surface area contributed by atoms with Gasteiger partial charge in [-0.25, -0.2) is 14.2 Å². The van der Waals surface area contributed by atoms with E-state index in [1.165, 1.54) is 12.1 Å². The third kappa shape index (κ3) is 3.63. The third-order valence-electron chi connectivity index (χ3n) is 4.68. The Morgan fingerprint density at radius 2 is 1.96 bits per heavy atom. The Morgan fingerprint density at radius 3 is 2.71 bits per heavy atom. The molecule has 0 spiro atoms. The van der Waals surface area contributed by atoms with Gasteiger partial charge in [-0.2, -0.15) is 5.10 Å². The van der Waals surface area contributed by atoms with Gasteiger partial charge >= 0.3 is 6.09 Å². The highest BCUT2D eigenvalue weighted by molar-refractivity contribution is 6.12. The van der Waals surface area contributed by atoms with E-state index in [9.17, 15) is 9.18 Å². The largest absolute Gasteiger partial charge is 0.428 e. The summed E-state index contributed by atoms with van der Waals surface area (Å²) in [5.74, 6) is 0.480. The van der Waals surface area contributed by atoms with Crippen molar-refractivity contribution >= 4 is 23.8 Å². The highest BCUT2D eigenvalue weighted by Gasteiger charge is 2.25. The number of anilines is 1. The molecule has 1 saturated heterocycles. The maximum atomic E-state index is 13.5. The zero-order valence-corrected chi connectivity index (χ0v) is 15.6. The molecule has 9 heteroatoms. The van der Waals surface area contributed by atoms with Crippen LogP contribution in [-0.2, 0) is 4.29 Å². The van der Waals surface area contributed by atoms with Gasteiger partial charge in [-0.15, -0.1) is 0 Å². The molecule has 1 aromatic carbocycles. The van der Waals surface area contributed by atoms with Gasteiger partial charge in [-0.3, -0.25) is 5.10 Å². The van der Waals surface area contributed by atoms with Crippen LogP contribution >= 0.6 is 11.9 Å². The average Bonchev–Trinajstić information content (AvgIpc) is 3.23. The van der Waals surface area contributed by atoms with Crippen LogP contribution in [0.25, 0.3) is 22.5 Å². The maximum absolute atomic E-state index is 13.5. The lowest BCUT2D eigenvalue weighted by molar-refractivity contribution is 0.153. The molecule has 4 rings (SSSR count). The van der Waals surface area contributed by atoms with Gasteiger partial charge in [-0.1, -0.05) is 12.1 Å². The zero-order chi connectivity index (χ0) is 19.5. The van der Waals surface area contributed by atoms with Crippen molar-refractivity contribution in [3.05, 3.63) is 54.5 Å². The standard InChI is InChI=1S/C19H17ClFN5O2/c20-28-19(27)26-9-7-25(8-10-26)18-15(5-2-6-22-18)17-12-16(23-24-17)13-3-1-4-14(21)11-13/h1-6,11-12H,7-10H2,(H,23,24). The molecule has 0 atom stereocenters. The number of aromatic nitrogens is 3. The Kier molecular flexibility index (Phi) is 5.12. The Hall–Kier alpha value is -3.13. The number of pyridine rings is 1. The highest BCUT2D eigenvalue weighted by atomic mass is 35.5. The predicted molar refractivity (Wildman–Crippen MR) is 103 cm³/mol. The molecule has 1 aliphatic rings. The molecule has 0 radical (unpaired) electrons. The number of piperazine rings is 1. The lowest BCUT2D eigenvalue weighted by atomic mass is 10.1. The molecule has 1 fully saturated rings. The van der Waals surface area contributed by atoms with Gasteiger partial charge in [0.15, 0.2) is 0 Å². The SMILES string of the molecule is O=C(OCl)N1CCN(c2ncccc2-c2cc(-c3cccc(F)c3)n[nH]2)CC1. The highest BCUT2D eigenvalue weighted by Crippen LogP contribution is 2.30. The smallest absolute Gasteiger partial charge is 0.353 e. The molecule has 0 bridgehead atoms. The first kappa shape index (κ1) is 18.2. The molecule has 1 aliphatic heterocycles. The van der Waals surface area contributed by atoms with E-state index in [0.29, 0.717) is 37.4 Å². The molecular weight excluding hydrogens is 385 g/mol. The molecular formula is C19H17ClFN5O2. The summed E-state index contributed by atoms with van der Waals surface area (Å²) in [5.41, 5.74) is 3.01. The fourth-order valence-corrected chi connectivity index (χ4v) is 3.36. The second-order valence-corrected chi connectivity index (χ2v) is 6.52. The van der Waals surface area contributed by atoms with Crippen molar-refractivity contribution in [1.29, 1.82) is 0 Å². The predicted octanol–water partition coefficient (Wildman–Crippen LogP) is 3.69. The molecule has 1 N–H and O–H groups in total. The fraction of sp³-hybridized carbons (Fsp3) is 0.211. The molecule has 7 nitrogen and oxygen atoms in total. The van der Waals surface area contributed by atoms with E-state index in [0.717, 1.165) is 17.1 Å². The van der Waals surface area contributed by atoms with Crippen molar-refractivity contribution in [2.75, 3.05) is 31.1 Å². The van der Waals surface area contributed by atoms with Crippen LogP contribution in [0.5, 0.6) is 0 Å². The number of rotatable bonds is 3. The number of carbonyl (C=O) groups is 1. The van der Waals surface area contributed by atoms with Crippen LogP contribution in [0.15, 0.2) is 48.7 Å². The third-order valence-corrected chi connectivity index (χ3v) is 4.81. The number of H-pyrrole nitrogens is 1. The number of aromatic amines is 1. The van der Waals surface area contributed by atoms with Crippen LogP contribution in [0.3, 0.4) is 0 Å². The molecule has 2 aromatic heterocycles. The minimum atomic E-state index is -0.545. The Bertz CT molecular complexity index is 988. The van der Waals surface area contributed by atoms with Gasteiger partial charge in [0.2, 0.25) is 0 Å². The van der Waals surface area contributed by atoms with Gasteiger partial charge < -0.3 is 14.1 Å². The first-order valence-electron chi connectivity index (χ1n) is 8.75. The number of benzene rings is 1. The number of amides is 1. The van der Waals surface area contributed by atoms with Crippen molar-refractivity contribution in [2.24, 2.45) is 0 Å². The minimum absolute atomic E-state index is 0.308. The molecule has 0 aliphatic carbocycles. The van der Waals surface area contributed by atoms with Crippen LogP contribution in [0.1, 0.15) is 0 Å². The summed E-state index contributed by atoms with van der Waals surface area (Å²) in [6, 6.07) is 12.0. The fourth-order valence-electron chi connectivity index (χ4n) is 3.26. The Morgan fingerprint density at radius 1 is 1.14 bits per heavy atom. The first-order valence-corrected chi connectivity index (χ1v) is 9.06.